The number of aliphatic hydroxyl groups is 1. The highest BCUT2D eigenvalue weighted by Gasteiger charge is 2.09. The van der Waals surface area contributed by atoms with Crippen LogP contribution >= 0.6 is 0 Å². The minimum absolute atomic E-state index is 0.457. The molecule has 0 aliphatic heterocycles. The summed E-state index contributed by atoms with van der Waals surface area (Å²) in [4.78, 5) is 0. The van der Waals surface area contributed by atoms with E-state index >= 15 is 0 Å². The molecule has 0 amide bonds. The fraction of sp³-hybridized carbons (Fsp3) is 0.273. The van der Waals surface area contributed by atoms with Gasteiger partial charge in [-0.2, -0.15) is 0 Å². The summed E-state index contributed by atoms with van der Waals surface area (Å²) in [5, 5.41) is 12.8. The number of nitrogens with one attached hydrogen (secondary N) is 1. The van der Waals surface area contributed by atoms with Crippen molar-refractivity contribution in [3.05, 3.63) is 48.3 Å². The van der Waals surface area contributed by atoms with Gasteiger partial charge in [0.2, 0.25) is 0 Å². The van der Waals surface area contributed by atoms with Crippen molar-refractivity contribution in [1.82, 2.24) is 5.32 Å². The Morgan fingerprint density at radius 1 is 1.33 bits per heavy atom. The molecule has 0 radical (unpaired) electrons. The molecule has 2 rings (SSSR count). The summed E-state index contributed by atoms with van der Waals surface area (Å²) in [6.45, 7) is 1.13. The number of furan rings is 2. The molecule has 2 aromatic rings. The van der Waals surface area contributed by atoms with Crippen LogP contribution in [0.3, 0.4) is 0 Å². The summed E-state index contributed by atoms with van der Waals surface area (Å²) in [7, 11) is 0. The smallest absolute Gasteiger partial charge is 0.133 e. The molecular weight excluding hydrogens is 194 g/mol. The van der Waals surface area contributed by atoms with E-state index in [1.807, 2.05) is 6.07 Å². The Morgan fingerprint density at radius 3 is 2.93 bits per heavy atom. The molecule has 0 aliphatic rings. The van der Waals surface area contributed by atoms with Crippen LogP contribution in [-0.2, 0) is 6.54 Å². The molecule has 4 heteroatoms. The van der Waals surface area contributed by atoms with Crippen LogP contribution in [0.25, 0.3) is 0 Å². The fourth-order valence-electron chi connectivity index (χ4n) is 1.33. The Hall–Kier alpha value is -1.52. The lowest BCUT2D eigenvalue weighted by Gasteiger charge is -2.08. The van der Waals surface area contributed by atoms with Crippen LogP contribution in [-0.4, -0.2) is 11.7 Å². The molecule has 0 saturated carbocycles. The lowest BCUT2D eigenvalue weighted by atomic mass is 10.2. The summed E-state index contributed by atoms with van der Waals surface area (Å²) >= 11 is 0. The van der Waals surface area contributed by atoms with Gasteiger partial charge in [-0.25, -0.2) is 0 Å². The molecule has 0 saturated heterocycles. The Kier molecular flexibility index (Phi) is 3.22. The van der Waals surface area contributed by atoms with Crippen molar-refractivity contribution in [2.75, 3.05) is 6.54 Å². The minimum Gasteiger partial charge on any atom is -0.472 e. The summed E-state index contributed by atoms with van der Waals surface area (Å²) in [5.41, 5.74) is 1.06. The first kappa shape index (κ1) is 10.0. The maximum Gasteiger partial charge on any atom is 0.133 e. The van der Waals surface area contributed by atoms with Crippen LogP contribution in [0, 0.1) is 0 Å². The molecule has 4 nitrogen and oxygen atoms in total. The topological polar surface area (TPSA) is 58.5 Å². The second-order valence-electron chi connectivity index (χ2n) is 3.29. The van der Waals surface area contributed by atoms with Crippen LogP contribution in [0.2, 0.25) is 0 Å². The van der Waals surface area contributed by atoms with Gasteiger partial charge in [0, 0.05) is 18.7 Å². The van der Waals surface area contributed by atoms with Crippen molar-refractivity contribution in [3.63, 3.8) is 0 Å². The molecule has 1 atom stereocenters. The molecule has 2 heterocycles. The lowest BCUT2D eigenvalue weighted by molar-refractivity contribution is 0.147. The van der Waals surface area contributed by atoms with Gasteiger partial charge in [0.1, 0.15) is 11.9 Å². The maximum atomic E-state index is 9.66. The van der Waals surface area contributed by atoms with E-state index in [0.717, 1.165) is 5.56 Å². The van der Waals surface area contributed by atoms with Gasteiger partial charge in [0.15, 0.2) is 0 Å². The third-order valence-electron chi connectivity index (χ3n) is 2.12. The van der Waals surface area contributed by atoms with Crippen molar-refractivity contribution in [2.24, 2.45) is 0 Å². The van der Waals surface area contributed by atoms with Crippen LogP contribution in [0.4, 0.5) is 0 Å². The molecule has 80 valence electrons. The SMILES string of the molecule is OC(CNCc1ccoc1)c1ccco1. The lowest BCUT2D eigenvalue weighted by Crippen LogP contribution is -2.20. The first-order valence-corrected chi connectivity index (χ1v) is 4.79. The molecule has 0 spiro atoms. The second kappa shape index (κ2) is 4.82. The van der Waals surface area contributed by atoms with Crippen LogP contribution in [0.15, 0.2) is 45.8 Å². The highest BCUT2D eigenvalue weighted by molar-refractivity contribution is 5.05. The largest absolute Gasteiger partial charge is 0.472 e. The molecule has 2 N–H and O–H groups in total. The van der Waals surface area contributed by atoms with Gasteiger partial charge in [0.05, 0.1) is 18.8 Å². The van der Waals surface area contributed by atoms with Gasteiger partial charge < -0.3 is 19.3 Å². The van der Waals surface area contributed by atoms with E-state index < -0.39 is 6.10 Å². The third kappa shape index (κ3) is 2.71. The van der Waals surface area contributed by atoms with E-state index in [1.165, 1.54) is 0 Å². The zero-order valence-corrected chi connectivity index (χ0v) is 8.22. The number of rotatable bonds is 5. The summed E-state index contributed by atoms with van der Waals surface area (Å²) in [6, 6.07) is 5.39. The van der Waals surface area contributed by atoms with Gasteiger partial charge in [-0.15, -0.1) is 0 Å². The highest BCUT2D eigenvalue weighted by atomic mass is 16.4. The second-order valence-corrected chi connectivity index (χ2v) is 3.29. The van der Waals surface area contributed by atoms with E-state index in [1.54, 1.807) is 30.9 Å². The molecule has 0 fully saturated rings. The molecule has 0 aliphatic carbocycles. The normalized spacial score (nSPS) is 12.9. The standard InChI is InChI=1S/C11H13NO3/c13-10(11-2-1-4-15-11)7-12-6-9-3-5-14-8-9/h1-5,8,10,12-13H,6-7H2. The van der Waals surface area contributed by atoms with Gasteiger partial charge in [0.25, 0.3) is 0 Å². The van der Waals surface area contributed by atoms with E-state index in [-0.39, 0.29) is 0 Å². The average Bonchev–Trinajstić information content (AvgIpc) is 2.90. The van der Waals surface area contributed by atoms with Crippen molar-refractivity contribution in [2.45, 2.75) is 12.6 Å². The van der Waals surface area contributed by atoms with Crippen molar-refractivity contribution >= 4 is 0 Å². The first-order chi connectivity index (χ1) is 7.36. The number of hydrogen-bond donors (Lipinski definition) is 2. The zero-order chi connectivity index (χ0) is 10.5. The summed E-state index contributed by atoms with van der Waals surface area (Å²) < 4.78 is 10.00. The predicted molar refractivity (Wildman–Crippen MR) is 54.1 cm³/mol. The van der Waals surface area contributed by atoms with Crippen molar-refractivity contribution in [3.8, 4) is 0 Å². The Bertz CT molecular complexity index is 366. The molecule has 15 heavy (non-hydrogen) atoms. The predicted octanol–water partition coefficient (Wildman–Crippen LogP) is 1.70. The van der Waals surface area contributed by atoms with Gasteiger partial charge in [-0.05, 0) is 18.2 Å². The molecule has 2 aromatic heterocycles. The summed E-state index contributed by atoms with van der Waals surface area (Å²) in [5.74, 6) is 0.578. The molecule has 0 aromatic carbocycles. The number of aliphatic hydroxyl groups excluding tert-OH is 1. The van der Waals surface area contributed by atoms with Crippen LogP contribution in [0.1, 0.15) is 17.4 Å². The molecular formula is C11H13NO3. The zero-order valence-electron chi connectivity index (χ0n) is 8.22. The average molecular weight is 207 g/mol. The number of hydrogen-bond acceptors (Lipinski definition) is 4. The minimum atomic E-state index is -0.605. The summed E-state index contributed by atoms with van der Waals surface area (Å²) in [6.07, 6.45) is 4.24. The van der Waals surface area contributed by atoms with Gasteiger partial charge in [-0.1, -0.05) is 0 Å². The highest BCUT2D eigenvalue weighted by Crippen LogP contribution is 2.11. The fourth-order valence-corrected chi connectivity index (χ4v) is 1.33. The van der Waals surface area contributed by atoms with E-state index in [2.05, 4.69) is 5.32 Å². The monoisotopic (exact) mass is 207 g/mol. The van der Waals surface area contributed by atoms with E-state index in [0.29, 0.717) is 18.8 Å². The van der Waals surface area contributed by atoms with Crippen molar-refractivity contribution in [1.29, 1.82) is 0 Å². The Morgan fingerprint density at radius 2 is 2.27 bits per heavy atom. The van der Waals surface area contributed by atoms with Crippen LogP contribution in [0.5, 0.6) is 0 Å². The van der Waals surface area contributed by atoms with Crippen molar-refractivity contribution < 1.29 is 13.9 Å². The third-order valence-corrected chi connectivity index (χ3v) is 2.12. The van der Waals surface area contributed by atoms with Gasteiger partial charge >= 0.3 is 0 Å². The van der Waals surface area contributed by atoms with E-state index in [9.17, 15) is 5.11 Å². The van der Waals surface area contributed by atoms with Gasteiger partial charge in [-0.3, -0.25) is 0 Å². The van der Waals surface area contributed by atoms with Crippen LogP contribution < -0.4 is 5.32 Å². The first-order valence-electron chi connectivity index (χ1n) is 4.79. The molecule has 1 unspecified atom stereocenters. The Balaban J connectivity index is 1.74. The quantitative estimate of drug-likeness (QED) is 0.783. The Labute approximate surface area is 87.5 Å². The van der Waals surface area contributed by atoms with E-state index in [4.69, 9.17) is 8.83 Å². The maximum absolute atomic E-state index is 9.66. The molecule has 0 bridgehead atoms.